The molecule has 1 heterocycles. The topological polar surface area (TPSA) is 81.8 Å². The van der Waals surface area contributed by atoms with Gasteiger partial charge in [-0.15, -0.1) is 0 Å². The number of ketones is 1. The van der Waals surface area contributed by atoms with Crippen LogP contribution in [0.2, 0.25) is 0 Å². The fourth-order valence-electron chi connectivity index (χ4n) is 5.75. The van der Waals surface area contributed by atoms with Crippen molar-refractivity contribution >= 4 is 23.2 Å². The summed E-state index contributed by atoms with van der Waals surface area (Å²) in [4.78, 5) is 31.5. The van der Waals surface area contributed by atoms with Crippen LogP contribution in [0.3, 0.4) is 0 Å². The number of nitrogen functional groups attached to an aromatic ring is 1. The van der Waals surface area contributed by atoms with Gasteiger partial charge in [0.05, 0.1) is 6.61 Å². The number of aryl methyl sites for hydroxylation is 3. The molecule has 4 rings (SSSR count). The van der Waals surface area contributed by atoms with Gasteiger partial charge in [-0.25, -0.2) is 0 Å². The molecule has 3 unspecified atom stereocenters. The number of nitrogens with zero attached hydrogens (tertiary/aromatic N) is 1. The quantitative estimate of drug-likeness (QED) is 0.510. The maximum Gasteiger partial charge on any atom is 0.315 e. The van der Waals surface area contributed by atoms with E-state index < -0.39 is 11.8 Å². The van der Waals surface area contributed by atoms with Gasteiger partial charge in [0, 0.05) is 35.0 Å². The average Bonchev–Trinajstić information content (AvgIpc) is 2.72. The molecule has 0 radical (unpaired) electrons. The molecule has 2 N–H and O–H groups in total. The second-order valence-corrected chi connectivity index (χ2v) is 9.33. The second kappa shape index (κ2) is 8.97. The SMILES string of the molecule is CCOC(=O)C1C(C)=NC2=C(C(=O)CC(c3c(C)cc(C)cc3C)C2)C1c1cccc(N)c1. The second-order valence-electron chi connectivity index (χ2n) is 9.33. The molecular weight excluding hydrogens is 412 g/mol. The Morgan fingerprint density at radius 3 is 2.42 bits per heavy atom. The van der Waals surface area contributed by atoms with Crippen molar-refractivity contribution in [2.24, 2.45) is 10.9 Å². The average molecular weight is 445 g/mol. The predicted octanol–water partition coefficient (Wildman–Crippen LogP) is 5.33. The highest BCUT2D eigenvalue weighted by molar-refractivity contribution is 6.09. The van der Waals surface area contributed by atoms with E-state index in [0.717, 1.165) is 11.3 Å². The maximum atomic E-state index is 13.7. The van der Waals surface area contributed by atoms with E-state index in [1.165, 1.54) is 22.3 Å². The van der Waals surface area contributed by atoms with Gasteiger partial charge in [-0.3, -0.25) is 14.6 Å². The number of esters is 1. The summed E-state index contributed by atoms with van der Waals surface area (Å²) >= 11 is 0. The third-order valence-corrected chi connectivity index (χ3v) is 6.85. The molecule has 1 aliphatic heterocycles. The van der Waals surface area contributed by atoms with Gasteiger partial charge in [0.15, 0.2) is 5.78 Å². The third-order valence-electron chi connectivity index (χ3n) is 6.85. The number of anilines is 1. The Kier molecular flexibility index (Phi) is 6.24. The zero-order chi connectivity index (χ0) is 23.9. The molecule has 0 saturated carbocycles. The number of rotatable bonds is 4. The summed E-state index contributed by atoms with van der Waals surface area (Å²) in [5, 5.41) is 0. The van der Waals surface area contributed by atoms with Crippen molar-refractivity contribution in [3.8, 4) is 0 Å². The number of hydrogen-bond acceptors (Lipinski definition) is 5. The van der Waals surface area contributed by atoms with E-state index in [4.69, 9.17) is 15.5 Å². The first-order chi connectivity index (χ1) is 15.7. The van der Waals surface area contributed by atoms with E-state index in [2.05, 4.69) is 32.9 Å². The number of carbonyl (C=O) groups excluding carboxylic acids is 2. The molecule has 0 spiro atoms. The zero-order valence-electron chi connectivity index (χ0n) is 20.1. The highest BCUT2D eigenvalue weighted by Gasteiger charge is 2.45. The molecule has 2 aromatic carbocycles. The first kappa shape index (κ1) is 23.0. The van der Waals surface area contributed by atoms with Gasteiger partial charge < -0.3 is 10.5 Å². The van der Waals surface area contributed by atoms with E-state index in [0.29, 0.717) is 29.8 Å². The molecule has 3 atom stereocenters. The molecule has 2 aromatic rings. The van der Waals surface area contributed by atoms with Crippen molar-refractivity contribution in [3.63, 3.8) is 0 Å². The lowest BCUT2D eigenvalue weighted by Gasteiger charge is -2.37. The minimum Gasteiger partial charge on any atom is -0.465 e. The van der Waals surface area contributed by atoms with Crippen LogP contribution >= 0.6 is 0 Å². The van der Waals surface area contributed by atoms with Gasteiger partial charge in [-0.1, -0.05) is 29.8 Å². The Morgan fingerprint density at radius 2 is 1.79 bits per heavy atom. The normalized spacial score (nSPS) is 22.6. The monoisotopic (exact) mass is 444 g/mol. The van der Waals surface area contributed by atoms with E-state index in [1.54, 1.807) is 6.92 Å². The van der Waals surface area contributed by atoms with Crippen molar-refractivity contribution in [1.82, 2.24) is 0 Å². The summed E-state index contributed by atoms with van der Waals surface area (Å²) in [6.45, 7) is 10.3. The summed E-state index contributed by atoms with van der Waals surface area (Å²) < 4.78 is 5.40. The van der Waals surface area contributed by atoms with Crippen LogP contribution in [-0.2, 0) is 14.3 Å². The summed E-state index contributed by atoms with van der Waals surface area (Å²) in [6, 6.07) is 11.8. The fraction of sp³-hybridized carbons (Fsp3) is 0.393. The molecule has 0 fully saturated rings. The molecular formula is C28H32N2O3. The van der Waals surface area contributed by atoms with Crippen LogP contribution in [0.15, 0.2) is 52.7 Å². The third kappa shape index (κ3) is 4.24. The number of carbonyl (C=O) groups is 2. The number of hydrogen-bond donors (Lipinski definition) is 1. The van der Waals surface area contributed by atoms with E-state index in [-0.39, 0.29) is 24.3 Å². The van der Waals surface area contributed by atoms with Crippen LogP contribution in [-0.4, -0.2) is 24.1 Å². The highest BCUT2D eigenvalue weighted by Crippen LogP contribution is 2.47. The molecule has 2 aliphatic rings. The molecule has 33 heavy (non-hydrogen) atoms. The predicted molar refractivity (Wildman–Crippen MR) is 131 cm³/mol. The Labute approximate surface area is 195 Å². The summed E-state index contributed by atoms with van der Waals surface area (Å²) in [5.74, 6) is -1.28. The van der Waals surface area contributed by atoms with Crippen LogP contribution in [0.25, 0.3) is 0 Å². The molecule has 5 heteroatoms. The Balaban J connectivity index is 1.83. The molecule has 0 saturated heterocycles. The van der Waals surface area contributed by atoms with Crippen LogP contribution in [0.4, 0.5) is 5.69 Å². The smallest absolute Gasteiger partial charge is 0.315 e. The molecule has 172 valence electrons. The Morgan fingerprint density at radius 1 is 1.09 bits per heavy atom. The first-order valence-electron chi connectivity index (χ1n) is 11.6. The van der Waals surface area contributed by atoms with Crippen molar-refractivity contribution in [2.45, 2.75) is 59.3 Å². The van der Waals surface area contributed by atoms with E-state index in [1.807, 2.05) is 31.2 Å². The van der Waals surface area contributed by atoms with Gasteiger partial charge >= 0.3 is 5.97 Å². The van der Waals surface area contributed by atoms with Gasteiger partial charge in [-0.05, 0) is 81.3 Å². The van der Waals surface area contributed by atoms with Crippen molar-refractivity contribution in [2.75, 3.05) is 12.3 Å². The lowest BCUT2D eigenvalue weighted by molar-refractivity contribution is -0.146. The van der Waals surface area contributed by atoms with Gasteiger partial charge in [0.1, 0.15) is 5.92 Å². The number of ether oxygens (including phenoxy) is 1. The number of aliphatic imine (C=N–C) groups is 1. The molecule has 1 aliphatic carbocycles. The molecule has 0 amide bonds. The Bertz CT molecular complexity index is 1170. The standard InChI is InChI=1S/C28H32N2O3/c1-6-33-28(32)25-18(5)30-22-13-20(24-16(3)10-15(2)11-17(24)4)14-23(31)27(22)26(25)19-8-7-9-21(29)12-19/h7-12,20,25-26H,6,13-14,29H2,1-5H3. The minimum absolute atomic E-state index is 0.0543. The fourth-order valence-corrected chi connectivity index (χ4v) is 5.75. The van der Waals surface area contributed by atoms with Gasteiger partial charge in [0.25, 0.3) is 0 Å². The zero-order valence-corrected chi connectivity index (χ0v) is 20.1. The molecule has 0 aromatic heterocycles. The lowest BCUT2D eigenvalue weighted by Crippen LogP contribution is -2.38. The van der Waals surface area contributed by atoms with E-state index in [9.17, 15) is 9.59 Å². The highest BCUT2D eigenvalue weighted by atomic mass is 16.5. The van der Waals surface area contributed by atoms with Gasteiger partial charge in [-0.2, -0.15) is 0 Å². The van der Waals surface area contributed by atoms with Crippen molar-refractivity contribution < 1.29 is 14.3 Å². The summed E-state index contributed by atoms with van der Waals surface area (Å²) in [5.41, 5.74) is 14.5. The largest absolute Gasteiger partial charge is 0.465 e. The first-order valence-corrected chi connectivity index (χ1v) is 11.6. The number of allylic oxidation sites excluding steroid dienone is 2. The maximum absolute atomic E-state index is 13.7. The van der Waals surface area contributed by atoms with Crippen LogP contribution in [0.5, 0.6) is 0 Å². The van der Waals surface area contributed by atoms with Crippen molar-refractivity contribution in [3.05, 3.63) is 75.5 Å². The van der Waals surface area contributed by atoms with Crippen LogP contribution in [0, 0.1) is 26.7 Å². The number of nitrogens with two attached hydrogens (primary N) is 1. The minimum atomic E-state index is -0.631. The van der Waals surface area contributed by atoms with Crippen molar-refractivity contribution in [1.29, 1.82) is 0 Å². The molecule has 5 nitrogen and oxygen atoms in total. The van der Waals surface area contributed by atoms with E-state index >= 15 is 0 Å². The Hall–Kier alpha value is -3.21. The number of benzene rings is 2. The van der Waals surface area contributed by atoms with Crippen LogP contribution in [0.1, 0.15) is 66.3 Å². The van der Waals surface area contributed by atoms with Gasteiger partial charge in [0.2, 0.25) is 0 Å². The summed E-state index contributed by atoms with van der Waals surface area (Å²) in [7, 11) is 0. The number of Topliss-reactive ketones (excluding diaryl/α,β-unsaturated/α-hetero) is 1. The molecule has 0 bridgehead atoms. The lowest BCUT2D eigenvalue weighted by atomic mass is 9.68. The summed E-state index contributed by atoms with van der Waals surface area (Å²) in [6.07, 6.45) is 1.09. The van der Waals surface area contributed by atoms with Crippen LogP contribution < -0.4 is 5.73 Å².